The summed E-state index contributed by atoms with van der Waals surface area (Å²) in [4.78, 5) is 28.2. The van der Waals surface area contributed by atoms with Crippen molar-refractivity contribution in [2.24, 2.45) is 0 Å². The Morgan fingerprint density at radius 1 is 0.882 bits per heavy atom. The fraction of sp³-hybridized carbons (Fsp3) is 0.120. The van der Waals surface area contributed by atoms with Gasteiger partial charge in [-0.3, -0.25) is 14.5 Å². The van der Waals surface area contributed by atoms with Crippen molar-refractivity contribution in [1.29, 1.82) is 0 Å². The van der Waals surface area contributed by atoms with E-state index in [1.54, 1.807) is 54.6 Å². The van der Waals surface area contributed by atoms with Gasteiger partial charge in [0.15, 0.2) is 23.0 Å². The van der Waals surface area contributed by atoms with Crippen molar-refractivity contribution in [1.82, 2.24) is 0 Å². The second-order valence-electron chi connectivity index (χ2n) is 7.36. The van der Waals surface area contributed by atoms with Crippen LogP contribution in [-0.4, -0.2) is 31.0 Å². The SMILES string of the molecule is COc1ccc(N2C(=O)C(O)=C(C(=O)c3ccccc3Cl)C2c2ccc(Cl)c(Cl)c2)cc1OC. The maximum absolute atomic E-state index is 13.6. The van der Waals surface area contributed by atoms with Gasteiger partial charge in [0, 0.05) is 17.3 Å². The minimum absolute atomic E-state index is 0.133. The highest BCUT2D eigenvalue weighted by molar-refractivity contribution is 6.42. The second-order valence-corrected chi connectivity index (χ2v) is 8.58. The minimum Gasteiger partial charge on any atom is -0.503 e. The summed E-state index contributed by atoms with van der Waals surface area (Å²) in [6.45, 7) is 0. The molecule has 0 aromatic heterocycles. The molecule has 9 heteroatoms. The summed E-state index contributed by atoms with van der Waals surface area (Å²) in [6.07, 6.45) is 0. The highest BCUT2D eigenvalue weighted by Gasteiger charge is 2.45. The Bertz CT molecular complexity index is 1340. The number of ketones is 1. The molecule has 0 bridgehead atoms. The number of nitrogens with zero attached hydrogens (tertiary/aromatic N) is 1. The number of carbonyl (C=O) groups is 2. The lowest BCUT2D eigenvalue weighted by molar-refractivity contribution is -0.117. The minimum atomic E-state index is -1.01. The van der Waals surface area contributed by atoms with Crippen molar-refractivity contribution in [3.05, 3.63) is 98.2 Å². The number of halogens is 3. The summed E-state index contributed by atoms with van der Waals surface area (Å²) in [5.74, 6) is -1.22. The Morgan fingerprint density at radius 3 is 2.24 bits per heavy atom. The number of anilines is 1. The number of hydrogen-bond acceptors (Lipinski definition) is 5. The maximum atomic E-state index is 13.6. The van der Waals surface area contributed by atoms with Gasteiger partial charge in [-0.1, -0.05) is 53.0 Å². The average Bonchev–Trinajstić information content (AvgIpc) is 3.10. The van der Waals surface area contributed by atoms with E-state index in [1.165, 1.54) is 25.2 Å². The lowest BCUT2D eigenvalue weighted by Gasteiger charge is -2.28. The predicted octanol–water partition coefficient (Wildman–Crippen LogP) is 6.45. The van der Waals surface area contributed by atoms with Crippen LogP contribution >= 0.6 is 34.8 Å². The van der Waals surface area contributed by atoms with Gasteiger partial charge < -0.3 is 14.6 Å². The Balaban J connectivity index is 1.92. The molecule has 1 amide bonds. The highest BCUT2D eigenvalue weighted by atomic mass is 35.5. The van der Waals surface area contributed by atoms with Gasteiger partial charge in [0.25, 0.3) is 5.91 Å². The Labute approximate surface area is 210 Å². The van der Waals surface area contributed by atoms with E-state index in [1.807, 2.05) is 0 Å². The normalized spacial score (nSPS) is 15.6. The molecule has 0 fully saturated rings. The van der Waals surface area contributed by atoms with Crippen molar-refractivity contribution < 1.29 is 24.2 Å². The standard InChI is InChI=1S/C25H18Cl3NO5/c1-33-19-10-8-14(12-20(19)34-2)29-22(13-7-9-17(27)18(28)11-13)21(24(31)25(29)32)23(30)15-5-3-4-6-16(15)26/h3-12,22,31H,1-2H3. The van der Waals surface area contributed by atoms with Crippen molar-refractivity contribution in [3.63, 3.8) is 0 Å². The number of methoxy groups -OCH3 is 2. The molecule has 0 saturated heterocycles. The first-order chi connectivity index (χ1) is 16.3. The van der Waals surface area contributed by atoms with E-state index >= 15 is 0 Å². The van der Waals surface area contributed by atoms with E-state index in [2.05, 4.69) is 0 Å². The van der Waals surface area contributed by atoms with Gasteiger partial charge in [-0.15, -0.1) is 0 Å². The molecule has 3 aromatic carbocycles. The smallest absolute Gasteiger partial charge is 0.294 e. The van der Waals surface area contributed by atoms with Gasteiger partial charge in [-0.25, -0.2) is 0 Å². The molecule has 174 valence electrons. The Hall–Kier alpha value is -3.19. The van der Waals surface area contributed by atoms with Gasteiger partial charge in [-0.05, 0) is 42.0 Å². The van der Waals surface area contributed by atoms with Crippen LogP contribution in [0.1, 0.15) is 22.0 Å². The van der Waals surface area contributed by atoms with Crippen LogP contribution in [0.3, 0.4) is 0 Å². The molecule has 1 aliphatic heterocycles. The molecule has 1 heterocycles. The van der Waals surface area contributed by atoms with Crippen LogP contribution in [0.4, 0.5) is 5.69 Å². The summed E-state index contributed by atoms with van der Waals surface area (Å²) < 4.78 is 10.7. The summed E-state index contributed by atoms with van der Waals surface area (Å²) in [7, 11) is 2.96. The van der Waals surface area contributed by atoms with Crippen LogP contribution in [-0.2, 0) is 4.79 Å². The third kappa shape index (κ3) is 4.09. The van der Waals surface area contributed by atoms with E-state index in [0.717, 1.165) is 0 Å². The van der Waals surface area contributed by atoms with Gasteiger partial charge in [0.1, 0.15) is 0 Å². The zero-order valence-electron chi connectivity index (χ0n) is 18.0. The number of benzene rings is 3. The van der Waals surface area contributed by atoms with E-state index < -0.39 is 23.5 Å². The second kappa shape index (κ2) is 9.58. The van der Waals surface area contributed by atoms with E-state index in [4.69, 9.17) is 44.3 Å². The van der Waals surface area contributed by atoms with Crippen molar-refractivity contribution in [2.75, 3.05) is 19.1 Å². The fourth-order valence-electron chi connectivity index (χ4n) is 3.87. The first-order valence-electron chi connectivity index (χ1n) is 10.0. The molecule has 0 saturated carbocycles. The molecule has 1 aliphatic rings. The van der Waals surface area contributed by atoms with Gasteiger partial charge in [-0.2, -0.15) is 0 Å². The third-order valence-electron chi connectivity index (χ3n) is 5.48. The Kier molecular flexibility index (Phi) is 6.75. The Morgan fingerprint density at radius 2 is 1.59 bits per heavy atom. The van der Waals surface area contributed by atoms with Crippen LogP contribution in [0.5, 0.6) is 11.5 Å². The summed E-state index contributed by atoms with van der Waals surface area (Å²) in [5.41, 5.74) is 0.855. The number of ether oxygens (including phenoxy) is 2. The number of aliphatic hydroxyl groups excluding tert-OH is 1. The molecule has 1 unspecified atom stereocenters. The fourth-order valence-corrected chi connectivity index (χ4v) is 4.39. The largest absolute Gasteiger partial charge is 0.503 e. The first kappa shape index (κ1) is 24.0. The molecule has 0 radical (unpaired) electrons. The zero-order valence-corrected chi connectivity index (χ0v) is 20.3. The average molecular weight is 519 g/mol. The van der Waals surface area contributed by atoms with Gasteiger partial charge >= 0.3 is 0 Å². The molecule has 3 aromatic rings. The predicted molar refractivity (Wildman–Crippen MR) is 132 cm³/mol. The van der Waals surface area contributed by atoms with Crippen molar-refractivity contribution >= 4 is 52.2 Å². The number of Topliss-reactive ketones (excluding diaryl/α,β-unsaturated/α-hetero) is 1. The van der Waals surface area contributed by atoms with E-state index in [-0.39, 0.29) is 21.2 Å². The molecule has 4 rings (SSSR count). The van der Waals surface area contributed by atoms with Crippen molar-refractivity contribution in [3.8, 4) is 11.5 Å². The number of rotatable bonds is 6. The molecule has 0 spiro atoms. The number of aliphatic hydroxyl groups is 1. The highest BCUT2D eigenvalue weighted by Crippen LogP contribution is 2.45. The van der Waals surface area contributed by atoms with Crippen LogP contribution in [0.25, 0.3) is 0 Å². The van der Waals surface area contributed by atoms with Crippen LogP contribution in [0.2, 0.25) is 15.1 Å². The lowest BCUT2D eigenvalue weighted by Crippen LogP contribution is -2.31. The molecule has 1 atom stereocenters. The first-order valence-corrected chi connectivity index (χ1v) is 11.1. The topological polar surface area (TPSA) is 76.1 Å². The lowest BCUT2D eigenvalue weighted by atomic mass is 9.92. The molecule has 1 N–H and O–H groups in total. The maximum Gasteiger partial charge on any atom is 0.294 e. The number of carbonyl (C=O) groups excluding carboxylic acids is 2. The van der Waals surface area contributed by atoms with Crippen molar-refractivity contribution in [2.45, 2.75) is 6.04 Å². The third-order valence-corrected chi connectivity index (χ3v) is 6.54. The molecule has 6 nitrogen and oxygen atoms in total. The molecule has 34 heavy (non-hydrogen) atoms. The van der Waals surface area contributed by atoms with Crippen LogP contribution in [0.15, 0.2) is 72.0 Å². The van der Waals surface area contributed by atoms with Crippen LogP contribution < -0.4 is 14.4 Å². The molecule has 0 aliphatic carbocycles. The summed E-state index contributed by atoms with van der Waals surface area (Å²) in [6, 6.07) is 15.0. The quantitative estimate of drug-likeness (QED) is 0.380. The van der Waals surface area contributed by atoms with Gasteiger partial charge in [0.2, 0.25) is 0 Å². The number of hydrogen-bond donors (Lipinski definition) is 1. The summed E-state index contributed by atoms with van der Waals surface area (Å²) in [5, 5.41) is 11.6. The molecular formula is C25H18Cl3NO5. The monoisotopic (exact) mass is 517 g/mol. The molecular weight excluding hydrogens is 501 g/mol. The van der Waals surface area contributed by atoms with E-state index in [0.29, 0.717) is 27.8 Å². The number of amides is 1. The zero-order chi connectivity index (χ0) is 24.6. The van der Waals surface area contributed by atoms with Crippen LogP contribution in [0, 0.1) is 0 Å². The summed E-state index contributed by atoms with van der Waals surface area (Å²) >= 11 is 18.6. The van der Waals surface area contributed by atoms with E-state index in [9.17, 15) is 14.7 Å². The van der Waals surface area contributed by atoms with Gasteiger partial charge in [0.05, 0.1) is 40.9 Å².